The van der Waals surface area contributed by atoms with Crippen LogP contribution in [0, 0.1) is 0 Å². The second-order valence-electron chi connectivity index (χ2n) is 8.23. The summed E-state index contributed by atoms with van der Waals surface area (Å²) in [6.07, 6.45) is 3.13. The molecule has 0 bridgehead atoms. The summed E-state index contributed by atoms with van der Waals surface area (Å²) in [5.41, 5.74) is 3.03. The van der Waals surface area contributed by atoms with Gasteiger partial charge in [-0.3, -0.25) is 0 Å². The molecule has 4 rings (SSSR count). The molecule has 0 radical (unpaired) electrons. The molecule has 38 heavy (non-hydrogen) atoms. The highest BCUT2D eigenvalue weighted by Gasteiger charge is 2.18. The normalized spacial score (nSPS) is 12.1. The number of benzene rings is 3. The average Bonchev–Trinajstić information content (AvgIpc) is 2.92. The van der Waals surface area contributed by atoms with E-state index in [0.717, 1.165) is 27.7 Å². The van der Waals surface area contributed by atoms with Crippen molar-refractivity contribution >= 4 is 52.2 Å². The van der Waals surface area contributed by atoms with Crippen molar-refractivity contribution in [3.63, 3.8) is 0 Å². The van der Waals surface area contributed by atoms with Crippen LogP contribution in [0.5, 0.6) is 11.5 Å². The Morgan fingerprint density at radius 3 is 2.63 bits per heavy atom. The number of carboxylic acid groups (broad SMARTS) is 1. The minimum atomic E-state index is -1.15. The van der Waals surface area contributed by atoms with Crippen molar-refractivity contribution in [2.75, 3.05) is 27.0 Å². The molecule has 3 aromatic carbocycles. The van der Waals surface area contributed by atoms with Crippen molar-refractivity contribution in [3.05, 3.63) is 99.2 Å². The Hall–Kier alpha value is -3.65. The Bertz CT molecular complexity index is 1480. The Morgan fingerprint density at radius 2 is 1.87 bits per heavy atom. The first-order valence-electron chi connectivity index (χ1n) is 11.6. The molecule has 6 nitrogen and oxygen atoms in total. The minimum Gasteiger partial charge on any atom is -0.497 e. The van der Waals surface area contributed by atoms with Gasteiger partial charge in [-0.25, -0.2) is 14.2 Å². The van der Waals surface area contributed by atoms with Crippen molar-refractivity contribution in [2.45, 2.75) is 6.10 Å². The third kappa shape index (κ3) is 6.81. The molecule has 1 unspecified atom stereocenters. The van der Waals surface area contributed by atoms with Crippen LogP contribution in [0.15, 0.2) is 66.7 Å². The molecule has 0 spiro atoms. The average molecular weight is 556 g/mol. The number of aromatic carboxylic acids is 1. The fourth-order valence-electron chi connectivity index (χ4n) is 3.79. The van der Waals surface area contributed by atoms with Crippen molar-refractivity contribution in [2.24, 2.45) is 0 Å². The second kappa shape index (κ2) is 12.7. The number of carboxylic acids is 1. The largest absolute Gasteiger partial charge is 0.497 e. The maximum absolute atomic E-state index is 12.9. The number of hydrogen-bond acceptors (Lipinski definition) is 5. The molecule has 1 N–H and O–H groups in total. The van der Waals surface area contributed by atoms with E-state index in [1.807, 2.05) is 48.6 Å². The molecule has 1 heterocycles. The molecule has 1 atom stereocenters. The summed E-state index contributed by atoms with van der Waals surface area (Å²) >= 11 is 12.2. The van der Waals surface area contributed by atoms with E-state index in [1.165, 1.54) is 19.2 Å². The van der Waals surface area contributed by atoms with Gasteiger partial charge in [0.1, 0.15) is 36.4 Å². The summed E-state index contributed by atoms with van der Waals surface area (Å²) in [4.78, 5) is 16.3. The quantitative estimate of drug-likeness (QED) is 0.206. The molecule has 0 fully saturated rings. The molecule has 0 amide bonds. The van der Waals surface area contributed by atoms with Crippen LogP contribution in [0.1, 0.15) is 33.3 Å². The van der Waals surface area contributed by atoms with Crippen LogP contribution in [-0.2, 0) is 4.74 Å². The zero-order chi connectivity index (χ0) is 27.1. The smallest absolute Gasteiger partial charge is 0.339 e. The van der Waals surface area contributed by atoms with Gasteiger partial charge >= 0.3 is 5.97 Å². The number of pyridine rings is 1. The van der Waals surface area contributed by atoms with Crippen LogP contribution in [-0.4, -0.2) is 43.1 Å². The number of rotatable bonds is 11. The van der Waals surface area contributed by atoms with Gasteiger partial charge in [-0.2, -0.15) is 0 Å². The molecule has 0 aliphatic heterocycles. The maximum Gasteiger partial charge on any atom is 0.339 e. The van der Waals surface area contributed by atoms with E-state index in [1.54, 1.807) is 18.2 Å². The van der Waals surface area contributed by atoms with Crippen LogP contribution in [0.4, 0.5) is 4.39 Å². The Balaban J connectivity index is 1.54. The number of hydrogen-bond donors (Lipinski definition) is 1. The van der Waals surface area contributed by atoms with Crippen LogP contribution in [0.25, 0.3) is 23.1 Å². The number of alkyl halides is 1. The van der Waals surface area contributed by atoms with Gasteiger partial charge in [-0.05, 0) is 59.7 Å². The zero-order valence-corrected chi connectivity index (χ0v) is 21.9. The lowest BCUT2D eigenvalue weighted by Gasteiger charge is -2.20. The van der Waals surface area contributed by atoms with Crippen molar-refractivity contribution in [1.29, 1.82) is 0 Å². The van der Waals surface area contributed by atoms with Gasteiger partial charge in [-0.15, -0.1) is 0 Å². The SMILES string of the molecule is COc1ccc(OCC(OCCF)c2cccc(/C=C/c3ccc4cc(Cl)c(Cl)cc4n3)c2)c(C(=O)O)c1. The second-order valence-corrected chi connectivity index (χ2v) is 9.04. The zero-order valence-electron chi connectivity index (χ0n) is 20.4. The van der Waals surface area contributed by atoms with Crippen LogP contribution >= 0.6 is 23.2 Å². The van der Waals surface area contributed by atoms with Crippen LogP contribution < -0.4 is 9.47 Å². The van der Waals surface area contributed by atoms with Gasteiger partial charge in [0.25, 0.3) is 0 Å². The van der Waals surface area contributed by atoms with Crippen LogP contribution in [0.3, 0.4) is 0 Å². The van der Waals surface area contributed by atoms with Crippen molar-refractivity contribution in [3.8, 4) is 11.5 Å². The molecule has 0 saturated carbocycles. The predicted octanol–water partition coefficient (Wildman–Crippen LogP) is 7.53. The van der Waals surface area contributed by atoms with Gasteiger partial charge in [0, 0.05) is 5.39 Å². The fourth-order valence-corrected chi connectivity index (χ4v) is 4.12. The number of aromatic nitrogens is 1. The summed E-state index contributed by atoms with van der Waals surface area (Å²) in [7, 11) is 1.45. The molecule has 0 aliphatic rings. The highest BCUT2D eigenvalue weighted by atomic mass is 35.5. The third-order valence-electron chi connectivity index (χ3n) is 5.69. The van der Waals surface area contributed by atoms with E-state index in [4.69, 9.17) is 37.4 Å². The number of ether oxygens (including phenoxy) is 3. The third-order valence-corrected chi connectivity index (χ3v) is 6.41. The van der Waals surface area contributed by atoms with Gasteiger partial charge in [0.15, 0.2) is 0 Å². The van der Waals surface area contributed by atoms with Crippen molar-refractivity contribution in [1.82, 2.24) is 4.98 Å². The summed E-state index contributed by atoms with van der Waals surface area (Å²) < 4.78 is 29.5. The molecule has 1 aromatic heterocycles. The van der Waals surface area contributed by atoms with Gasteiger partial charge in [0.05, 0.1) is 35.0 Å². The molecule has 0 saturated heterocycles. The lowest BCUT2D eigenvalue weighted by atomic mass is 10.1. The summed E-state index contributed by atoms with van der Waals surface area (Å²) in [5, 5.41) is 11.3. The maximum atomic E-state index is 12.9. The molecule has 0 aliphatic carbocycles. The van der Waals surface area contributed by atoms with Gasteiger partial charge < -0.3 is 19.3 Å². The highest BCUT2D eigenvalue weighted by molar-refractivity contribution is 6.42. The van der Waals surface area contributed by atoms with Gasteiger partial charge in [0.2, 0.25) is 0 Å². The van der Waals surface area contributed by atoms with Crippen LogP contribution in [0.2, 0.25) is 10.0 Å². The number of nitrogens with zero attached hydrogens (tertiary/aromatic N) is 1. The van der Waals surface area contributed by atoms with E-state index in [-0.39, 0.29) is 24.5 Å². The lowest BCUT2D eigenvalue weighted by molar-refractivity contribution is 0.0122. The predicted molar refractivity (Wildman–Crippen MR) is 147 cm³/mol. The van der Waals surface area contributed by atoms with Crippen molar-refractivity contribution < 1.29 is 28.5 Å². The van der Waals surface area contributed by atoms with E-state index >= 15 is 0 Å². The molecule has 196 valence electrons. The first-order valence-corrected chi connectivity index (χ1v) is 12.4. The molecule has 4 aromatic rings. The Kier molecular flexibility index (Phi) is 9.18. The Labute approximate surface area is 229 Å². The standard InChI is InChI=1S/C29H24Cl2FNO5/c1-36-22-9-10-27(23(15-22)29(34)35)38-17-28(37-12-11-32)20-4-2-3-18(13-20)5-7-21-8-6-19-14-24(30)25(31)16-26(19)33-21/h2-10,13-16,28H,11-12,17H2,1H3,(H,34,35)/b7-5+. The number of methoxy groups -OCH3 is 1. The topological polar surface area (TPSA) is 77.9 Å². The van der Waals surface area contributed by atoms with E-state index < -0.39 is 18.7 Å². The first kappa shape index (κ1) is 27.4. The number of halogens is 3. The first-order chi connectivity index (χ1) is 18.4. The Morgan fingerprint density at radius 1 is 1.05 bits per heavy atom. The number of fused-ring (bicyclic) bond motifs is 1. The molecular formula is C29H24Cl2FNO5. The highest BCUT2D eigenvalue weighted by Crippen LogP contribution is 2.29. The number of carbonyl (C=O) groups is 1. The van der Waals surface area contributed by atoms with Gasteiger partial charge in [-0.1, -0.05) is 53.5 Å². The fraction of sp³-hybridized carbons (Fsp3) is 0.172. The molecular weight excluding hydrogens is 532 g/mol. The summed E-state index contributed by atoms with van der Waals surface area (Å²) in [5.74, 6) is -0.598. The van der Waals surface area contributed by atoms with E-state index in [0.29, 0.717) is 15.8 Å². The molecule has 9 heteroatoms. The lowest BCUT2D eigenvalue weighted by Crippen LogP contribution is -2.16. The summed E-state index contributed by atoms with van der Waals surface area (Å²) in [6, 6.07) is 19.3. The van der Waals surface area contributed by atoms with E-state index in [2.05, 4.69) is 4.98 Å². The van der Waals surface area contributed by atoms with E-state index in [9.17, 15) is 14.3 Å². The minimum absolute atomic E-state index is 0.0185. The monoisotopic (exact) mass is 555 g/mol. The summed E-state index contributed by atoms with van der Waals surface area (Å²) in [6.45, 7) is -0.812.